The summed E-state index contributed by atoms with van der Waals surface area (Å²) in [4.78, 5) is 12.6. The van der Waals surface area contributed by atoms with Gasteiger partial charge in [-0.1, -0.05) is 0 Å². The Hall–Kier alpha value is -2.96. The normalized spacial score (nSPS) is 10.3. The summed E-state index contributed by atoms with van der Waals surface area (Å²) in [5.74, 6) is 0.385. The van der Waals surface area contributed by atoms with Crippen molar-refractivity contribution in [3.63, 3.8) is 0 Å². The molecule has 2 rings (SSSR count). The third-order valence-electron chi connectivity index (χ3n) is 3.43. The minimum Gasteiger partial charge on any atom is -0.490 e. The fraction of sp³-hybridized carbons (Fsp3) is 0.316. The van der Waals surface area contributed by atoms with Crippen LogP contribution in [0.2, 0.25) is 0 Å². The highest BCUT2D eigenvalue weighted by Gasteiger charge is 2.19. The van der Waals surface area contributed by atoms with Gasteiger partial charge in [0.1, 0.15) is 5.82 Å². The van der Waals surface area contributed by atoms with Crippen molar-refractivity contribution in [2.75, 3.05) is 30.9 Å². The van der Waals surface area contributed by atoms with Gasteiger partial charge in [0.15, 0.2) is 11.5 Å². The van der Waals surface area contributed by atoms with Gasteiger partial charge in [0.05, 0.1) is 31.2 Å². The molecule has 0 heterocycles. The second-order valence-corrected chi connectivity index (χ2v) is 5.29. The van der Waals surface area contributed by atoms with E-state index < -0.39 is 11.7 Å². The Balaban J connectivity index is 2.38. The topological polar surface area (TPSA) is 82.8 Å². The molecular weight excluding hydrogens is 339 g/mol. The van der Waals surface area contributed by atoms with Gasteiger partial charge in [-0.2, -0.15) is 0 Å². The summed E-state index contributed by atoms with van der Waals surface area (Å²) in [7, 11) is 0. The van der Waals surface area contributed by atoms with Gasteiger partial charge in [0.2, 0.25) is 5.75 Å². The van der Waals surface area contributed by atoms with Gasteiger partial charge in [-0.15, -0.1) is 0 Å². The number of amides is 1. The second kappa shape index (κ2) is 8.94. The van der Waals surface area contributed by atoms with E-state index in [-0.39, 0.29) is 5.69 Å². The predicted octanol–water partition coefficient (Wildman–Crippen LogP) is 3.86. The highest BCUT2D eigenvalue weighted by molar-refractivity contribution is 6.06. The molecule has 0 aliphatic carbocycles. The van der Waals surface area contributed by atoms with E-state index in [9.17, 15) is 9.18 Å². The molecule has 0 radical (unpaired) electrons. The van der Waals surface area contributed by atoms with Crippen LogP contribution in [-0.4, -0.2) is 25.7 Å². The molecule has 2 aromatic rings. The largest absolute Gasteiger partial charge is 0.490 e. The molecule has 0 fully saturated rings. The standard InChI is InChI=1S/C19H23FN2O4/c1-4-24-16-9-12(10-17(25-5-2)18(16)26-6-3)19(23)22-15-8-7-13(20)11-14(15)21/h7-11H,4-6,21H2,1-3H3,(H,22,23). The van der Waals surface area contributed by atoms with Crippen LogP contribution >= 0.6 is 0 Å². The average molecular weight is 362 g/mol. The lowest BCUT2D eigenvalue weighted by atomic mass is 10.1. The van der Waals surface area contributed by atoms with Gasteiger partial charge in [0.25, 0.3) is 5.91 Å². The zero-order chi connectivity index (χ0) is 19.1. The highest BCUT2D eigenvalue weighted by atomic mass is 19.1. The third-order valence-corrected chi connectivity index (χ3v) is 3.43. The lowest BCUT2D eigenvalue weighted by molar-refractivity contribution is 0.102. The maximum absolute atomic E-state index is 13.2. The van der Waals surface area contributed by atoms with E-state index in [0.717, 1.165) is 6.07 Å². The molecule has 3 N–H and O–H groups in total. The van der Waals surface area contributed by atoms with E-state index >= 15 is 0 Å². The molecule has 0 saturated heterocycles. The number of anilines is 2. The summed E-state index contributed by atoms with van der Waals surface area (Å²) in [6, 6.07) is 6.93. The van der Waals surface area contributed by atoms with Crippen molar-refractivity contribution in [2.45, 2.75) is 20.8 Å². The molecule has 0 unspecified atom stereocenters. The van der Waals surface area contributed by atoms with Crippen molar-refractivity contribution < 1.29 is 23.4 Å². The van der Waals surface area contributed by atoms with Crippen LogP contribution in [-0.2, 0) is 0 Å². The number of ether oxygens (including phenoxy) is 3. The molecule has 7 heteroatoms. The summed E-state index contributed by atoms with van der Waals surface area (Å²) in [6.07, 6.45) is 0. The molecular formula is C19H23FN2O4. The van der Waals surface area contributed by atoms with Crippen LogP contribution in [0.15, 0.2) is 30.3 Å². The van der Waals surface area contributed by atoms with Gasteiger partial charge >= 0.3 is 0 Å². The van der Waals surface area contributed by atoms with Crippen LogP contribution in [0.25, 0.3) is 0 Å². The lowest BCUT2D eigenvalue weighted by Gasteiger charge is -2.17. The Bertz CT molecular complexity index is 753. The predicted molar refractivity (Wildman–Crippen MR) is 98.7 cm³/mol. The number of benzene rings is 2. The molecule has 140 valence electrons. The van der Waals surface area contributed by atoms with Crippen LogP contribution in [0.5, 0.6) is 17.2 Å². The molecule has 1 amide bonds. The zero-order valence-electron chi connectivity index (χ0n) is 15.1. The first-order valence-electron chi connectivity index (χ1n) is 8.42. The van der Waals surface area contributed by atoms with Crippen LogP contribution in [0.3, 0.4) is 0 Å². The van der Waals surface area contributed by atoms with E-state index in [2.05, 4.69) is 5.32 Å². The number of nitrogens with two attached hydrogens (primary N) is 1. The number of hydrogen-bond donors (Lipinski definition) is 2. The van der Waals surface area contributed by atoms with E-state index in [1.54, 1.807) is 12.1 Å². The quantitative estimate of drug-likeness (QED) is 0.697. The SMILES string of the molecule is CCOc1cc(C(=O)Nc2ccc(F)cc2N)cc(OCC)c1OCC. The van der Waals surface area contributed by atoms with Crippen molar-refractivity contribution >= 4 is 17.3 Å². The third kappa shape index (κ3) is 4.56. The molecule has 0 bridgehead atoms. The van der Waals surface area contributed by atoms with E-state index in [1.807, 2.05) is 20.8 Å². The second-order valence-electron chi connectivity index (χ2n) is 5.29. The number of carbonyl (C=O) groups is 1. The summed E-state index contributed by atoms with van der Waals surface area (Å²) in [5.41, 5.74) is 6.51. The van der Waals surface area contributed by atoms with Crippen LogP contribution in [0, 0.1) is 5.82 Å². The summed E-state index contributed by atoms with van der Waals surface area (Å²) < 4.78 is 30.0. The van der Waals surface area contributed by atoms with E-state index in [0.29, 0.717) is 48.3 Å². The number of nitrogen functional groups attached to an aromatic ring is 1. The van der Waals surface area contributed by atoms with Crippen LogP contribution in [0.1, 0.15) is 31.1 Å². The van der Waals surface area contributed by atoms with Gasteiger partial charge < -0.3 is 25.3 Å². The average Bonchev–Trinajstić information content (AvgIpc) is 2.60. The molecule has 0 aromatic heterocycles. The van der Waals surface area contributed by atoms with Crippen molar-refractivity contribution in [2.24, 2.45) is 0 Å². The first-order valence-corrected chi connectivity index (χ1v) is 8.42. The molecule has 26 heavy (non-hydrogen) atoms. The van der Waals surface area contributed by atoms with Crippen molar-refractivity contribution in [1.82, 2.24) is 0 Å². The van der Waals surface area contributed by atoms with Crippen LogP contribution in [0.4, 0.5) is 15.8 Å². The number of halogens is 1. The van der Waals surface area contributed by atoms with Gasteiger partial charge in [-0.05, 0) is 51.1 Å². The minimum absolute atomic E-state index is 0.138. The molecule has 0 aliphatic heterocycles. The summed E-state index contributed by atoms with van der Waals surface area (Å²) in [5, 5.41) is 2.66. The molecule has 6 nitrogen and oxygen atoms in total. The van der Waals surface area contributed by atoms with Gasteiger partial charge in [-0.25, -0.2) is 4.39 Å². The smallest absolute Gasteiger partial charge is 0.255 e. The molecule has 0 atom stereocenters. The Morgan fingerprint density at radius 1 is 1.00 bits per heavy atom. The Morgan fingerprint density at radius 2 is 1.58 bits per heavy atom. The first-order chi connectivity index (χ1) is 12.5. The number of nitrogens with one attached hydrogen (secondary N) is 1. The van der Waals surface area contributed by atoms with Gasteiger partial charge in [0, 0.05) is 5.56 Å². The Morgan fingerprint density at radius 3 is 2.08 bits per heavy atom. The van der Waals surface area contributed by atoms with Crippen molar-refractivity contribution in [3.8, 4) is 17.2 Å². The zero-order valence-corrected chi connectivity index (χ0v) is 15.1. The maximum atomic E-state index is 13.2. The maximum Gasteiger partial charge on any atom is 0.255 e. The Kier molecular flexibility index (Phi) is 6.66. The lowest BCUT2D eigenvalue weighted by Crippen LogP contribution is -2.14. The molecule has 0 spiro atoms. The molecule has 0 aliphatic rings. The number of hydrogen-bond acceptors (Lipinski definition) is 5. The Labute approximate surface area is 152 Å². The monoisotopic (exact) mass is 362 g/mol. The molecule has 2 aromatic carbocycles. The van der Waals surface area contributed by atoms with Crippen LogP contribution < -0.4 is 25.3 Å². The minimum atomic E-state index is -0.473. The highest BCUT2D eigenvalue weighted by Crippen LogP contribution is 2.39. The van der Waals surface area contributed by atoms with E-state index in [1.165, 1.54) is 12.1 Å². The summed E-state index contributed by atoms with van der Waals surface area (Å²) in [6.45, 7) is 6.76. The van der Waals surface area contributed by atoms with Gasteiger partial charge in [-0.3, -0.25) is 4.79 Å². The first kappa shape index (κ1) is 19.4. The number of carbonyl (C=O) groups excluding carboxylic acids is 1. The van der Waals surface area contributed by atoms with Crippen molar-refractivity contribution in [1.29, 1.82) is 0 Å². The summed E-state index contributed by atoms with van der Waals surface area (Å²) >= 11 is 0. The number of rotatable bonds is 8. The van der Waals surface area contributed by atoms with Crippen molar-refractivity contribution in [3.05, 3.63) is 41.7 Å². The fourth-order valence-corrected chi connectivity index (χ4v) is 2.36. The van der Waals surface area contributed by atoms with E-state index in [4.69, 9.17) is 19.9 Å². The fourth-order valence-electron chi connectivity index (χ4n) is 2.36. The molecule has 0 saturated carbocycles.